The molecule has 0 saturated carbocycles. The Labute approximate surface area is 79.7 Å². The molecule has 0 aromatic heterocycles. The van der Waals surface area contributed by atoms with Crippen molar-refractivity contribution in [1.82, 2.24) is 0 Å². The van der Waals surface area contributed by atoms with Gasteiger partial charge in [-0.25, -0.2) is 0 Å². The van der Waals surface area contributed by atoms with Gasteiger partial charge in [0.25, 0.3) is 0 Å². The van der Waals surface area contributed by atoms with E-state index in [0.29, 0.717) is 13.0 Å². The molecule has 0 unspecified atom stereocenters. The maximum atomic E-state index is 11.8. The van der Waals surface area contributed by atoms with Crippen LogP contribution in [0.1, 0.15) is 25.7 Å². The number of carbonyl (C=O) groups excluding carboxylic acids is 1. The van der Waals surface area contributed by atoms with Crippen molar-refractivity contribution in [3.8, 4) is 0 Å². The van der Waals surface area contributed by atoms with Crippen LogP contribution in [-0.2, 0) is 9.53 Å². The van der Waals surface area contributed by atoms with Crippen LogP contribution < -0.4 is 0 Å². The van der Waals surface area contributed by atoms with E-state index in [0.717, 1.165) is 6.42 Å². The van der Waals surface area contributed by atoms with Crippen LogP contribution in [0.5, 0.6) is 0 Å². The molecule has 0 spiro atoms. The molecule has 0 atom stereocenters. The highest BCUT2D eigenvalue weighted by molar-refractivity contribution is 5.93. The fourth-order valence-electron chi connectivity index (χ4n) is 1.13. The topological polar surface area (TPSA) is 26.3 Å². The Hall–Kier alpha value is -1.00. The van der Waals surface area contributed by atoms with E-state index in [4.69, 9.17) is 4.74 Å². The first kappa shape index (κ1) is 11.1. The Morgan fingerprint density at radius 3 is 2.71 bits per heavy atom. The van der Waals surface area contributed by atoms with Gasteiger partial charge in [0.15, 0.2) is 11.5 Å². The van der Waals surface area contributed by atoms with E-state index in [1.54, 1.807) is 6.08 Å². The van der Waals surface area contributed by atoms with Gasteiger partial charge in [0.1, 0.15) is 0 Å². The minimum atomic E-state index is -4.27. The normalized spacial score (nSPS) is 17.2. The molecule has 1 rings (SSSR count). The lowest BCUT2D eigenvalue weighted by atomic mass is 10.1. The van der Waals surface area contributed by atoms with E-state index in [-0.39, 0.29) is 5.76 Å². The lowest BCUT2D eigenvalue weighted by Gasteiger charge is -2.13. The Morgan fingerprint density at radius 1 is 1.50 bits per heavy atom. The van der Waals surface area contributed by atoms with Gasteiger partial charge in [-0.15, -0.1) is 0 Å². The molecule has 0 aromatic rings. The van der Waals surface area contributed by atoms with E-state index in [2.05, 4.69) is 0 Å². The molecule has 0 fully saturated rings. The monoisotopic (exact) mass is 208 g/mol. The third-order valence-corrected chi connectivity index (χ3v) is 1.85. The van der Waals surface area contributed by atoms with Gasteiger partial charge in [-0.1, -0.05) is 0 Å². The number of hydrogen-bond acceptors (Lipinski definition) is 2. The zero-order valence-electron chi connectivity index (χ0n) is 7.56. The quantitative estimate of drug-likeness (QED) is 0.712. The summed E-state index contributed by atoms with van der Waals surface area (Å²) in [6.45, 7) is 0.420. The summed E-state index contributed by atoms with van der Waals surface area (Å²) in [5, 5.41) is 0. The molecule has 0 radical (unpaired) electrons. The van der Waals surface area contributed by atoms with Crippen molar-refractivity contribution in [2.75, 3.05) is 6.61 Å². The summed E-state index contributed by atoms with van der Waals surface area (Å²) in [5.41, 5.74) is 0. The third kappa shape index (κ3) is 3.81. The van der Waals surface area contributed by atoms with Gasteiger partial charge in [-0.3, -0.25) is 4.79 Å². The van der Waals surface area contributed by atoms with Crippen molar-refractivity contribution in [3.63, 3.8) is 0 Å². The summed E-state index contributed by atoms with van der Waals surface area (Å²) < 4.78 is 40.3. The zero-order valence-corrected chi connectivity index (χ0v) is 7.56. The molecular weight excluding hydrogens is 197 g/mol. The van der Waals surface area contributed by atoms with Crippen molar-refractivity contribution in [3.05, 3.63) is 11.8 Å². The van der Waals surface area contributed by atoms with Gasteiger partial charge < -0.3 is 4.74 Å². The molecule has 80 valence electrons. The van der Waals surface area contributed by atoms with Crippen molar-refractivity contribution in [2.24, 2.45) is 0 Å². The lowest BCUT2D eigenvalue weighted by molar-refractivity contribution is -0.143. The molecule has 14 heavy (non-hydrogen) atoms. The molecule has 0 bridgehead atoms. The summed E-state index contributed by atoms with van der Waals surface area (Å²) in [7, 11) is 0. The number of allylic oxidation sites excluding steroid dienone is 2. The fraction of sp³-hybridized carbons (Fsp3) is 0.667. The maximum Gasteiger partial charge on any atom is 0.389 e. The van der Waals surface area contributed by atoms with Gasteiger partial charge in [0.2, 0.25) is 0 Å². The van der Waals surface area contributed by atoms with Gasteiger partial charge in [-0.2, -0.15) is 13.2 Å². The van der Waals surface area contributed by atoms with Crippen molar-refractivity contribution >= 4 is 5.78 Å². The number of rotatable bonds is 3. The third-order valence-electron chi connectivity index (χ3n) is 1.85. The zero-order chi connectivity index (χ0) is 10.6. The van der Waals surface area contributed by atoms with E-state index in [1.807, 2.05) is 0 Å². The Bertz CT molecular complexity index is 243. The predicted molar refractivity (Wildman–Crippen MR) is 43.6 cm³/mol. The summed E-state index contributed by atoms with van der Waals surface area (Å²) in [4.78, 5) is 11.2. The number of ketones is 1. The van der Waals surface area contributed by atoms with Gasteiger partial charge in [-0.05, 0) is 18.9 Å². The number of halogens is 3. The van der Waals surface area contributed by atoms with E-state index in [1.165, 1.54) is 0 Å². The molecule has 1 aliphatic heterocycles. The molecule has 0 amide bonds. The van der Waals surface area contributed by atoms with Gasteiger partial charge >= 0.3 is 6.18 Å². The largest absolute Gasteiger partial charge is 0.490 e. The Morgan fingerprint density at radius 2 is 2.21 bits per heavy atom. The molecular formula is C9H11F3O2. The number of hydrogen-bond donors (Lipinski definition) is 0. The summed E-state index contributed by atoms with van der Waals surface area (Å²) in [6, 6.07) is 0. The number of alkyl halides is 3. The molecule has 0 aromatic carbocycles. The lowest BCUT2D eigenvalue weighted by Crippen LogP contribution is -2.15. The highest BCUT2D eigenvalue weighted by Crippen LogP contribution is 2.23. The molecule has 0 aliphatic carbocycles. The van der Waals surface area contributed by atoms with Gasteiger partial charge in [0.05, 0.1) is 13.0 Å². The molecule has 1 aliphatic rings. The maximum absolute atomic E-state index is 11.8. The van der Waals surface area contributed by atoms with Crippen LogP contribution in [0.2, 0.25) is 0 Å². The minimum Gasteiger partial charge on any atom is -0.490 e. The second kappa shape index (κ2) is 4.48. The average molecular weight is 208 g/mol. The summed E-state index contributed by atoms with van der Waals surface area (Å²) in [5.74, 6) is -0.456. The van der Waals surface area contributed by atoms with Crippen LogP contribution in [0.25, 0.3) is 0 Å². The van der Waals surface area contributed by atoms with Crippen LogP contribution in [0.15, 0.2) is 11.8 Å². The number of Topliss-reactive ketones (excluding diaryl/α,β-unsaturated/α-hetero) is 1. The highest BCUT2D eigenvalue weighted by atomic mass is 19.4. The van der Waals surface area contributed by atoms with Crippen LogP contribution in [0, 0.1) is 0 Å². The van der Waals surface area contributed by atoms with Crippen LogP contribution in [-0.4, -0.2) is 18.6 Å². The van der Waals surface area contributed by atoms with E-state index < -0.39 is 24.8 Å². The predicted octanol–water partition coefficient (Wildman–Crippen LogP) is 2.59. The SMILES string of the molecule is O=C(CCC(F)(F)F)C1=CCCCO1. The Balaban J connectivity index is 2.38. The molecule has 0 saturated heterocycles. The first-order valence-corrected chi connectivity index (χ1v) is 4.42. The van der Waals surface area contributed by atoms with Crippen molar-refractivity contribution in [2.45, 2.75) is 31.9 Å². The second-order valence-electron chi connectivity index (χ2n) is 3.10. The van der Waals surface area contributed by atoms with Crippen LogP contribution >= 0.6 is 0 Å². The number of ether oxygens (including phenoxy) is 1. The van der Waals surface area contributed by atoms with Gasteiger partial charge in [0, 0.05) is 6.42 Å². The Kier molecular flexibility index (Phi) is 3.55. The summed E-state index contributed by atoms with van der Waals surface area (Å²) in [6.07, 6.45) is -2.79. The van der Waals surface area contributed by atoms with Crippen LogP contribution in [0.4, 0.5) is 13.2 Å². The van der Waals surface area contributed by atoms with Crippen LogP contribution in [0.3, 0.4) is 0 Å². The van der Waals surface area contributed by atoms with E-state index in [9.17, 15) is 18.0 Å². The number of carbonyl (C=O) groups is 1. The standard InChI is InChI=1S/C9H11F3O2/c10-9(11,12)5-4-7(13)8-3-1-2-6-14-8/h3H,1-2,4-6H2. The van der Waals surface area contributed by atoms with Crippen molar-refractivity contribution < 1.29 is 22.7 Å². The smallest absolute Gasteiger partial charge is 0.389 e. The van der Waals surface area contributed by atoms with E-state index >= 15 is 0 Å². The van der Waals surface area contributed by atoms with Crippen molar-refractivity contribution in [1.29, 1.82) is 0 Å². The molecule has 1 heterocycles. The second-order valence-corrected chi connectivity index (χ2v) is 3.10. The minimum absolute atomic E-state index is 0.0977. The summed E-state index contributed by atoms with van der Waals surface area (Å²) >= 11 is 0. The molecule has 2 nitrogen and oxygen atoms in total. The molecule has 0 N–H and O–H groups in total. The first-order valence-electron chi connectivity index (χ1n) is 4.42. The highest BCUT2D eigenvalue weighted by Gasteiger charge is 2.29. The fourth-order valence-corrected chi connectivity index (χ4v) is 1.13. The average Bonchev–Trinajstić information content (AvgIpc) is 2.14. The molecule has 5 heteroatoms. The first-order chi connectivity index (χ1) is 6.49.